The van der Waals surface area contributed by atoms with Crippen molar-refractivity contribution in [3.8, 4) is 17.2 Å². The first kappa shape index (κ1) is 20.9. The van der Waals surface area contributed by atoms with E-state index < -0.39 is 6.10 Å². The number of hydrogen-bond acceptors (Lipinski definition) is 5. The number of carbonyl (C=O) groups excluding carboxylic acids is 1. The normalized spacial score (nSPS) is 11.7. The van der Waals surface area contributed by atoms with E-state index in [9.17, 15) is 4.79 Å². The van der Waals surface area contributed by atoms with E-state index in [4.69, 9.17) is 14.2 Å². The van der Waals surface area contributed by atoms with E-state index in [1.807, 2.05) is 66.7 Å². The second-order valence-corrected chi connectivity index (χ2v) is 6.51. The molecule has 1 atom stereocenters. The third kappa shape index (κ3) is 6.38. The van der Waals surface area contributed by atoms with E-state index in [0.717, 1.165) is 22.6 Å². The third-order valence-electron chi connectivity index (χ3n) is 4.26. The van der Waals surface area contributed by atoms with Gasteiger partial charge in [-0.05, 0) is 66.6 Å². The number of methoxy groups -OCH3 is 1. The summed E-state index contributed by atoms with van der Waals surface area (Å²) < 4.78 is 16.5. The van der Waals surface area contributed by atoms with Crippen LogP contribution in [0.2, 0.25) is 0 Å². The molecule has 154 valence electrons. The lowest BCUT2D eigenvalue weighted by molar-refractivity contribution is -0.127. The lowest BCUT2D eigenvalue weighted by Gasteiger charge is -2.13. The van der Waals surface area contributed by atoms with E-state index in [-0.39, 0.29) is 5.91 Å². The fourth-order valence-electron chi connectivity index (χ4n) is 2.56. The number of carbonyl (C=O) groups is 1. The summed E-state index contributed by atoms with van der Waals surface area (Å²) in [6.07, 6.45) is 0.859. The predicted octanol–water partition coefficient (Wildman–Crippen LogP) is 4.19. The maximum Gasteiger partial charge on any atom is 0.280 e. The highest BCUT2D eigenvalue weighted by molar-refractivity contribution is 5.84. The molecule has 6 nitrogen and oxygen atoms in total. The van der Waals surface area contributed by atoms with Crippen molar-refractivity contribution < 1.29 is 19.0 Å². The summed E-state index contributed by atoms with van der Waals surface area (Å²) >= 11 is 0. The standard InChI is InChI=1S/C24H24N2O4/c1-18(24(27)26-25-16-19-8-10-21(28-2)11-9-19)30-23-14-12-22(13-15-23)29-17-20-6-4-3-5-7-20/h3-16,18H,17H2,1-2H3,(H,26,27)/b25-16-/t18-/m0/s1. The number of hydrazone groups is 1. The van der Waals surface area contributed by atoms with Crippen LogP contribution in [-0.2, 0) is 11.4 Å². The predicted molar refractivity (Wildman–Crippen MR) is 116 cm³/mol. The molecule has 1 amide bonds. The van der Waals surface area contributed by atoms with Gasteiger partial charge in [-0.25, -0.2) is 5.43 Å². The average molecular weight is 404 g/mol. The van der Waals surface area contributed by atoms with Crippen molar-refractivity contribution in [1.82, 2.24) is 5.43 Å². The van der Waals surface area contributed by atoms with E-state index in [2.05, 4.69) is 10.5 Å². The molecule has 0 bridgehead atoms. The molecule has 0 heterocycles. The summed E-state index contributed by atoms with van der Waals surface area (Å²) in [6, 6.07) is 24.4. The van der Waals surface area contributed by atoms with Crippen molar-refractivity contribution in [3.63, 3.8) is 0 Å². The van der Waals surface area contributed by atoms with Gasteiger partial charge >= 0.3 is 0 Å². The van der Waals surface area contributed by atoms with Gasteiger partial charge < -0.3 is 14.2 Å². The molecule has 30 heavy (non-hydrogen) atoms. The Hall–Kier alpha value is -3.80. The summed E-state index contributed by atoms with van der Waals surface area (Å²) in [5, 5.41) is 3.96. The zero-order chi connectivity index (χ0) is 21.2. The number of nitrogens with one attached hydrogen (secondary N) is 1. The van der Waals surface area contributed by atoms with Gasteiger partial charge in [-0.3, -0.25) is 4.79 Å². The highest BCUT2D eigenvalue weighted by Gasteiger charge is 2.13. The molecule has 0 aliphatic heterocycles. The van der Waals surface area contributed by atoms with Crippen LogP contribution in [0.5, 0.6) is 17.2 Å². The molecule has 1 N–H and O–H groups in total. The number of nitrogens with zero attached hydrogens (tertiary/aromatic N) is 1. The van der Waals surface area contributed by atoms with Gasteiger partial charge in [0.15, 0.2) is 6.10 Å². The fourth-order valence-corrected chi connectivity index (χ4v) is 2.56. The van der Waals surface area contributed by atoms with Crippen LogP contribution in [0.3, 0.4) is 0 Å². The van der Waals surface area contributed by atoms with Gasteiger partial charge in [-0.2, -0.15) is 5.10 Å². The zero-order valence-corrected chi connectivity index (χ0v) is 16.9. The Labute approximate surface area is 176 Å². The molecular weight excluding hydrogens is 380 g/mol. The largest absolute Gasteiger partial charge is 0.497 e. The van der Waals surface area contributed by atoms with Crippen molar-refractivity contribution in [3.05, 3.63) is 90.0 Å². The first-order chi connectivity index (χ1) is 14.6. The quantitative estimate of drug-likeness (QED) is 0.429. The SMILES string of the molecule is COc1ccc(/C=N\NC(=O)[C@H](C)Oc2ccc(OCc3ccccc3)cc2)cc1. The van der Waals surface area contributed by atoms with Crippen molar-refractivity contribution in [2.24, 2.45) is 5.10 Å². The van der Waals surface area contributed by atoms with Crippen LogP contribution in [0.1, 0.15) is 18.1 Å². The molecule has 0 spiro atoms. The molecule has 0 aliphatic rings. The molecule has 0 unspecified atom stereocenters. The van der Waals surface area contributed by atoms with Crippen LogP contribution in [0.4, 0.5) is 0 Å². The molecular formula is C24H24N2O4. The molecule has 0 saturated carbocycles. The van der Waals surface area contributed by atoms with Crippen LogP contribution < -0.4 is 19.6 Å². The van der Waals surface area contributed by atoms with Crippen LogP contribution in [0.25, 0.3) is 0 Å². The van der Waals surface area contributed by atoms with E-state index in [1.54, 1.807) is 32.4 Å². The maximum atomic E-state index is 12.2. The van der Waals surface area contributed by atoms with Gasteiger partial charge in [-0.1, -0.05) is 30.3 Å². The van der Waals surface area contributed by atoms with Gasteiger partial charge in [0.05, 0.1) is 13.3 Å². The number of ether oxygens (including phenoxy) is 3. The molecule has 0 saturated heterocycles. The molecule has 3 rings (SSSR count). The Morgan fingerprint density at radius 1 is 0.933 bits per heavy atom. The molecule has 6 heteroatoms. The summed E-state index contributed by atoms with van der Waals surface area (Å²) in [7, 11) is 1.61. The van der Waals surface area contributed by atoms with E-state index >= 15 is 0 Å². The van der Waals surface area contributed by atoms with Crippen LogP contribution >= 0.6 is 0 Å². The van der Waals surface area contributed by atoms with Crippen LogP contribution in [0.15, 0.2) is 84.0 Å². The Kier molecular flexibility index (Phi) is 7.44. The topological polar surface area (TPSA) is 69.2 Å². The molecule has 3 aromatic carbocycles. The smallest absolute Gasteiger partial charge is 0.280 e. The number of rotatable bonds is 9. The zero-order valence-electron chi connectivity index (χ0n) is 16.9. The van der Waals surface area contributed by atoms with Crippen molar-refractivity contribution in [2.45, 2.75) is 19.6 Å². The molecule has 0 aromatic heterocycles. The summed E-state index contributed by atoms with van der Waals surface area (Å²) in [5.74, 6) is 1.72. The fraction of sp³-hybridized carbons (Fsp3) is 0.167. The van der Waals surface area contributed by atoms with E-state index in [0.29, 0.717) is 12.4 Å². The monoisotopic (exact) mass is 404 g/mol. The van der Waals surface area contributed by atoms with Gasteiger partial charge in [0.1, 0.15) is 23.9 Å². The Bertz CT molecular complexity index is 955. The van der Waals surface area contributed by atoms with E-state index in [1.165, 1.54) is 0 Å². The number of benzene rings is 3. The number of amides is 1. The lowest BCUT2D eigenvalue weighted by Crippen LogP contribution is -2.33. The number of hydrogen-bond donors (Lipinski definition) is 1. The summed E-state index contributed by atoms with van der Waals surface area (Å²) in [6.45, 7) is 2.16. The second kappa shape index (κ2) is 10.7. The molecule has 0 radical (unpaired) electrons. The minimum Gasteiger partial charge on any atom is -0.497 e. The Morgan fingerprint density at radius 2 is 1.57 bits per heavy atom. The minimum atomic E-state index is -0.700. The molecule has 0 fully saturated rings. The van der Waals surface area contributed by atoms with Gasteiger partial charge in [0, 0.05) is 0 Å². The Morgan fingerprint density at radius 3 is 2.23 bits per heavy atom. The first-order valence-corrected chi connectivity index (χ1v) is 9.54. The average Bonchev–Trinajstić information content (AvgIpc) is 2.79. The molecule has 3 aromatic rings. The van der Waals surface area contributed by atoms with Crippen molar-refractivity contribution in [2.75, 3.05) is 7.11 Å². The molecule has 0 aliphatic carbocycles. The van der Waals surface area contributed by atoms with Crippen molar-refractivity contribution in [1.29, 1.82) is 0 Å². The highest BCUT2D eigenvalue weighted by atomic mass is 16.5. The van der Waals surface area contributed by atoms with Gasteiger partial charge in [-0.15, -0.1) is 0 Å². The summed E-state index contributed by atoms with van der Waals surface area (Å²) in [5.41, 5.74) is 4.42. The van der Waals surface area contributed by atoms with Crippen LogP contribution in [-0.4, -0.2) is 25.3 Å². The van der Waals surface area contributed by atoms with Gasteiger partial charge in [0.2, 0.25) is 0 Å². The van der Waals surface area contributed by atoms with Gasteiger partial charge in [0.25, 0.3) is 5.91 Å². The highest BCUT2D eigenvalue weighted by Crippen LogP contribution is 2.19. The minimum absolute atomic E-state index is 0.343. The Balaban J connectivity index is 1.45. The van der Waals surface area contributed by atoms with Crippen LogP contribution in [0, 0.1) is 0 Å². The lowest BCUT2D eigenvalue weighted by atomic mass is 10.2. The van der Waals surface area contributed by atoms with Crippen molar-refractivity contribution >= 4 is 12.1 Å². The maximum absolute atomic E-state index is 12.2. The first-order valence-electron chi connectivity index (χ1n) is 9.54. The second-order valence-electron chi connectivity index (χ2n) is 6.51. The summed E-state index contributed by atoms with van der Waals surface area (Å²) in [4.78, 5) is 12.2. The third-order valence-corrected chi connectivity index (χ3v) is 4.26.